The van der Waals surface area contributed by atoms with Crippen LogP contribution < -0.4 is 0 Å². The Labute approximate surface area is 67.6 Å². The minimum atomic E-state index is -0.787. The summed E-state index contributed by atoms with van der Waals surface area (Å²) >= 11 is 0. The van der Waals surface area contributed by atoms with Crippen molar-refractivity contribution in [2.75, 3.05) is 20.3 Å². The van der Waals surface area contributed by atoms with Gasteiger partial charge in [0, 0.05) is 7.11 Å². The van der Waals surface area contributed by atoms with Gasteiger partial charge in [0.15, 0.2) is 6.29 Å². The molecule has 0 spiro atoms. The Hall–Kier alpha value is -0.380. The molecule has 0 aromatic rings. The zero-order chi connectivity index (χ0) is 8.53. The number of unbranched alkanes of at least 4 members (excludes halogenated alkanes) is 1. The Kier molecular flexibility index (Phi) is 7.46. The van der Waals surface area contributed by atoms with Crippen LogP contribution in [0.5, 0.6) is 0 Å². The fourth-order valence-electron chi connectivity index (χ4n) is 0.638. The van der Waals surface area contributed by atoms with Crippen LogP contribution in [0.15, 0.2) is 12.7 Å². The summed E-state index contributed by atoms with van der Waals surface area (Å²) in [5.41, 5.74) is 0. The normalized spacial score (nSPS) is 12.9. The average Bonchev–Trinajstić information content (AvgIpc) is 1.99. The molecule has 0 aliphatic heterocycles. The van der Waals surface area contributed by atoms with E-state index in [9.17, 15) is 0 Å². The van der Waals surface area contributed by atoms with Gasteiger partial charge >= 0.3 is 0 Å². The van der Waals surface area contributed by atoms with Gasteiger partial charge in [-0.1, -0.05) is 6.08 Å². The highest BCUT2D eigenvalue weighted by molar-refractivity contribution is 4.64. The van der Waals surface area contributed by atoms with E-state index in [4.69, 9.17) is 9.84 Å². The van der Waals surface area contributed by atoms with Gasteiger partial charge in [-0.3, -0.25) is 0 Å². The number of aliphatic hydroxyl groups excluding tert-OH is 1. The fourth-order valence-corrected chi connectivity index (χ4v) is 0.638. The molecule has 0 heterocycles. The number of allylic oxidation sites excluding steroid dienone is 1. The minimum Gasteiger partial charge on any atom is -0.379 e. The average molecular weight is 160 g/mol. The summed E-state index contributed by atoms with van der Waals surface area (Å²) in [4.78, 5) is 0. The molecular formula is C8H16O3. The zero-order valence-corrected chi connectivity index (χ0v) is 6.95. The lowest BCUT2D eigenvalue weighted by molar-refractivity contribution is -0.131. The molecule has 0 aliphatic rings. The van der Waals surface area contributed by atoms with Crippen molar-refractivity contribution in [3.8, 4) is 0 Å². The van der Waals surface area contributed by atoms with Crippen molar-refractivity contribution < 1.29 is 14.6 Å². The molecule has 3 heteroatoms. The molecule has 1 atom stereocenters. The van der Waals surface area contributed by atoms with Crippen LogP contribution in [0.25, 0.3) is 0 Å². The van der Waals surface area contributed by atoms with Crippen molar-refractivity contribution in [3.05, 3.63) is 12.7 Å². The highest BCUT2D eigenvalue weighted by atomic mass is 16.6. The molecule has 3 nitrogen and oxygen atoms in total. The number of hydrogen-bond donors (Lipinski definition) is 1. The fraction of sp³-hybridized carbons (Fsp3) is 0.750. The van der Waals surface area contributed by atoms with Crippen molar-refractivity contribution in [3.63, 3.8) is 0 Å². The van der Waals surface area contributed by atoms with Crippen molar-refractivity contribution in [1.29, 1.82) is 0 Å². The van der Waals surface area contributed by atoms with Crippen LogP contribution in [-0.2, 0) is 9.47 Å². The molecule has 0 radical (unpaired) electrons. The molecule has 0 saturated carbocycles. The molecule has 0 saturated heterocycles. The van der Waals surface area contributed by atoms with Gasteiger partial charge in [-0.25, -0.2) is 0 Å². The molecular weight excluding hydrogens is 144 g/mol. The Morgan fingerprint density at radius 3 is 2.91 bits per heavy atom. The van der Waals surface area contributed by atoms with E-state index in [1.54, 1.807) is 0 Å². The topological polar surface area (TPSA) is 38.7 Å². The van der Waals surface area contributed by atoms with Gasteiger partial charge in [0.2, 0.25) is 0 Å². The van der Waals surface area contributed by atoms with E-state index in [0.717, 1.165) is 12.8 Å². The molecule has 0 aliphatic carbocycles. The van der Waals surface area contributed by atoms with Gasteiger partial charge in [-0.15, -0.1) is 6.58 Å². The second-order valence-electron chi connectivity index (χ2n) is 2.21. The van der Waals surface area contributed by atoms with E-state index in [0.29, 0.717) is 6.61 Å². The lowest BCUT2D eigenvalue weighted by atomic mass is 10.3. The van der Waals surface area contributed by atoms with Gasteiger partial charge < -0.3 is 14.6 Å². The highest BCUT2D eigenvalue weighted by Crippen LogP contribution is 1.93. The van der Waals surface area contributed by atoms with Crippen LogP contribution in [0.1, 0.15) is 12.8 Å². The van der Waals surface area contributed by atoms with Crippen LogP contribution in [0.4, 0.5) is 0 Å². The lowest BCUT2D eigenvalue weighted by Crippen LogP contribution is -2.18. The number of methoxy groups -OCH3 is 1. The third-order valence-electron chi connectivity index (χ3n) is 1.17. The molecule has 0 rings (SSSR count). The maximum atomic E-state index is 8.98. The third-order valence-corrected chi connectivity index (χ3v) is 1.17. The van der Waals surface area contributed by atoms with Crippen molar-refractivity contribution >= 4 is 0 Å². The maximum Gasteiger partial charge on any atom is 0.178 e. The molecule has 0 bridgehead atoms. The second kappa shape index (κ2) is 7.72. The van der Waals surface area contributed by atoms with Gasteiger partial charge in [0.25, 0.3) is 0 Å². The highest BCUT2D eigenvalue weighted by Gasteiger charge is 2.00. The molecule has 0 aromatic heterocycles. The summed E-state index contributed by atoms with van der Waals surface area (Å²) in [5, 5.41) is 8.98. The summed E-state index contributed by atoms with van der Waals surface area (Å²) in [5.74, 6) is 0. The first-order valence-electron chi connectivity index (χ1n) is 3.70. The predicted molar refractivity (Wildman–Crippen MR) is 43.3 cm³/mol. The van der Waals surface area contributed by atoms with Crippen molar-refractivity contribution in [2.24, 2.45) is 0 Å². The standard InChI is InChI=1S/C8H16O3/c1-3-4-5-6-11-8(9)7-10-2/h3,8-9H,1,4-7H2,2H3. The summed E-state index contributed by atoms with van der Waals surface area (Å²) < 4.78 is 9.63. The van der Waals surface area contributed by atoms with Crippen molar-refractivity contribution in [2.45, 2.75) is 19.1 Å². The predicted octanol–water partition coefficient (Wildman–Crippen LogP) is 0.934. The van der Waals surface area contributed by atoms with E-state index < -0.39 is 6.29 Å². The van der Waals surface area contributed by atoms with Crippen LogP contribution in [0, 0.1) is 0 Å². The van der Waals surface area contributed by atoms with Crippen molar-refractivity contribution in [1.82, 2.24) is 0 Å². The molecule has 0 fully saturated rings. The van der Waals surface area contributed by atoms with E-state index in [1.807, 2.05) is 6.08 Å². The van der Waals surface area contributed by atoms with E-state index >= 15 is 0 Å². The van der Waals surface area contributed by atoms with Crippen LogP contribution >= 0.6 is 0 Å². The van der Waals surface area contributed by atoms with Gasteiger partial charge in [-0.05, 0) is 12.8 Å². The Bertz CT molecular complexity index is 93.3. The van der Waals surface area contributed by atoms with Gasteiger partial charge in [0.05, 0.1) is 13.2 Å². The Balaban J connectivity index is 3.03. The molecule has 11 heavy (non-hydrogen) atoms. The Morgan fingerprint density at radius 2 is 2.36 bits per heavy atom. The number of aliphatic hydroxyl groups is 1. The summed E-state index contributed by atoms with van der Waals surface area (Å²) in [6, 6.07) is 0. The number of rotatable bonds is 7. The summed E-state index contributed by atoms with van der Waals surface area (Å²) in [7, 11) is 1.52. The molecule has 66 valence electrons. The van der Waals surface area contributed by atoms with E-state index in [1.165, 1.54) is 7.11 Å². The quantitative estimate of drug-likeness (QED) is 0.342. The SMILES string of the molecule is C=CCCCOC(O)COC. The molecule has 0 amide bonds. The van der Waals surface area contributed by atoms with Gasteiger partial charge in [0.1, 0.15) is 0 Å². The Morgan fingerprint density at radius 1 is 1.64 bits per heavy atom. The molecule has 0 aromatic carbocycles. The van der Waals surface area contributed by atoms with Gasteiger partial charge in [-0.2, -0.15) is 0 Å². The first-order chi connectivity index (χ1) is 5.31. The largest absolute Gasteiger partial charge is 0.379 e. The second-order valence-corrected chi connectivity index (χ2v) is 2.21. The number of hydrogen-bond acceptors (Lipinski definition) is 3. The molecule has 1 unspecified atom stereocenters. The molecule has 1 N–H and O–H groups in total. The third kappa shape index (κ3) is 7.52. The lowest BCUT2D eigenvalue weighted by Gasteiger charge is -2.09. The van der Waals surface area contributed by atoms with E-state index in [-0.39, 0.29) is 6.61 Å². The maximum absolute atomic E-state index is 8.98. The first kappa shape index (κ1) is 10.6. The first-order valence-corrected chi connectivity index (χ1v) is 3.70. The van der Waals surface area contributed by atoms with Crippen LogP contribution in [0.3, 0.4) is 0 Å². The zero-order valence-electron chi connectivity index (χ0n) is 6.95. The monoisotopic (exact) mass is 160 g/mol. The summed E-state index contributed by atoms with van der Waals surface area (Å²) in [6.45, 7) is 4.35. The smallest absolute Gasteiger partial charge is 0.178 e. The van der Waals surface area contributed by atoms with Crippen LogP contribution in [-0.4, -0.2) is 31.7 Å². The summed E-state index contributed by atoms with van der Waals surface area (Å²) in [6.07, 6.45) is 2.85. The van der Waals surface area contributed by atoms with E-state index in [2.05, 4.69) is 11.3 Å². The van der Waals surface area contributed by atoms with Crippen LogP contribution in [0.2, 0.25) is 0 Å². The minimum absolute atomic E-state index is 0.230. The number of ether oxygens (including phenoxy) is 2.